The summed E-state index contributed by atoms with van der Waals surface area (Å²) >= 11 is 14.0. The van der Waals surface area contributed by atoms with Gasteiger partial charge in [-0.3, -0.25) is 9.36 Å². The first kappa shape index (κ1) is 29.4. The van der Waals surface area contributed by atoms with Crippen LogP contribution in [0.1, 0.15) is 42.3 Å². The minimum absolute atomic E-state index is 0.109. The summed E-state index contributed by atoms with van der Waals surface area (Å²) in [7, 11) is 0. The lowest BCUT2D eigenvalue weighted by Crippen LogP contribution is -2.39. The lowest BCUT2D eigenvalue weighted by Gasteiger charge is -2.24. The highest BCUT2D eigenvalue weighted by atomic mass is 35.5. The highest BCUT2D eigenvalue weighted by Crippen LogP contribution is 2.38. The van der Waals surface area contributed by atoms with E-state index in [0.717, 1.165) is 27.7 Å². The number of hydrogen-bond donors (Lipinski definition) is 0. The zero-order valence-electron chi connectivity index (χ0n) is 24.6. The molecule has 0 radical (unpaired) electrons. The van der Waals surface area contributed by atoms with Gasteiger partial charge in [-0.1, -0.05) is 64.9 Å². The molecule has 0 spiro atoms. The van der Waals surface area contributed by atoms with Crippen LogP contribution in [-0.2, 0) is 16.1 Å². The lowest BCUT2D eigenvalue weighted by atomic mass is 9.95. The predicted molar refractivity (Wildman–Crippen MR) is 175 cm³/mol. The summed E-state index contributed by atoms with van der Waals surface area (Å²) in [6.07, 6.45) is 1.92. The first-order valence-electron chi connectivity index (χ1n) is 14.4. The summed E-state index contributed by atoms with van der Waals surface area (Å²) in [6.45, 7) is 6.38. The molecule has 0 bridgehead atoms. The van der Waals surface area contributed by atoms with Crippen LogP contribution in [0.25, 0.3) is 17.0 Å². The van der Waals surface area contributed by atoms with Crippen molar-refractivity contribution in [3.05, 3.63) is 124 Å². The number of thiazole rings is 1. The SMILES string of the molecule is CCOC(=O)C1=C(C)N=c2s/c(=C\c3c(C)n(Cc4ccc(Cl)cc4Cl)c4ccccc34)c(=O)n2[C@@H]1c1ccc2c(c1)OCO2. The molecule has 8 nitrogen and oxygen atoms in total. The second kappa shape index (κ2) is 11.6. The maximum atomic E-state index is 14.3. The van der Waals surface area contributed by atoms with E-state index in [2.05, 4.69) is 10.6 Å². The molecule has 2 aliphatic rings. The van der Waals surface area contributed by atoms with Crippen molar-refractivity contribution in [3.8, 4) is 11.5 Å². The molecular weight excluding hydrogens is 633 g/mol. The van der Waals surface area contributed by atoms with Crippen molar-refractivity contribution in [2.45, 2.75) is 33.4 Å². The van der Waals surface area contributed by atoms with E-state index in [1.54, 1.807) is 30.5 Å². The highest BCUT2D eigenvalue weighted by molar-refractivity contribution is 7.07. The zero-order chi connectivity index (χ0) is 31.4. The van der Waals surface area contributed by atoms with Crippen LogP contribution in [0.15, 0.2) is 81.7 Å². The molecule has 3 aromatic carbocycles. The van der Waals surface area contributed by atoms with E-state index in [9.17, 15) is 9.59 Å². The number of carbonyl (C=O) groups is 1. The van der Waals surface area contributed by atoms with Gasteiger partial charge in [-0.25, -0.2) is 9.79 Å². The van der Waals surface area contributed by atoms with Crippen molar-refractivity contribution < 1.29 is 19.0 Å². The molecule has 0 fully saturated rings. The van der Waals surface area contributed by atoms with E-state index in [0.29, 0.717) is 54.3 Å². The van der Waals surface area contributed by atoms with E-state index in [-0.39, 0.29) is 19.0 Å². The monoisotopic (exact) mass is 659 g/mol. The third-order valence-corrected chi connectivity index (χ3v) is 9.70. The van der Waals surface area contributed by atoms with Crippen LogP contribution in [0.5, 0.6) is 11.5 Å². The number of rotatable bonds is 6. The van der Waals surface area contributed by atoms with E-state index in [4.69, 9.17) is 42.4 Å². The van der Waals surface area contributed by atoms with Crippen molar-refractivity contribution in [1.82, 2.24) is 9.13 Å². The van der Waals surface area contributed by atoms with Gasteiger partial charge in [-0.15, -0.1) is 0 Å². The Morgan fingerprint density at radius 2 is 1.89 bits per heavy atom. The van der Waals surface area contributed by atoms with Gasteiger partial charge in [-0.2, -0.15) is 0 Å². The Morgan fingerprint density at radius 1 is 1.09 bits per heavy atom. The summed E-state index contributed by atoms with van der Waals surface area (Å²) in [4.78, 5) is 32.8. The normalized spacial score (nSPS) is 15.8. The van der Waals surface area contributed by atoms with Crippen molar-refractivity contribution in [3.63, 3.8) is 0 Å². The Morgan fingerprint density at radius 3 is 2.69 bits per heavy atom. The molecule has 228 valence electrons. The Labute approximate surface area is 272 Å². The molecule has 4 heterocycles. The van der Waals surface area contributed by atoms with E-state index < -0.39 is 12.0 Å². The fraction of sp³-hybridized carbons (Fsp3) is 0.206. The number of halogens is 2. The van der Waals surface area contributed by atoms with Crippen LogP contribution in [0, 0.1) is 6.92 Å². The third-order valence-electron chi connectivity index (χ3n) is 8.13. The molecular formula is C34H27Cl2N3O5S. The number of carbonyl (C=O) groups excluding carboxylic acids is 1. The summed E-state index contributed by atoms with van der Waals surface area (Å²) in [5.41, 5.74) is 5.08. The number of hydrogen-bond acceptors (Lipinski definition) is 7. The molecule has 2 aromatic heterocycles. The van der Waals surface area contributed by atoms with Crippen molar-refractivity contribution in [2.75, 3.05) is 13.4 Å². The second-order valence-corrected chi connectivity index (χ2v) is 12.6. The molecule has 5 aromatic rings. The first-order chi connectivity index (χ1) is 21.7. The van der Waals surface area contributed by atoms with Gasteiger partial charge < -0.3 is 18.8 Å². The number of para-hydroxylation sites is 1. The van der Waals surface area contributed by atoms with Crippen LogP contribution >= 0.6 is 34.5 Å². The molecule has 0 unspecified atom stereocenters. The zero-order valence-corrected chi connectivity index (χ0v) is 26.9. The average molecular weight is 661 g/mol. The molecule has 11 heteroatoms. The van der Waals surface area contributed by atoms with Crippen LogP contribution in [0.2, 0.25) is 10.0 Å². The fourth-order valence-corrected chi connectivity index (χ4v) is 7.48. The molecule has 7 rings (SSSR count). The maximum absolute atomic E-state index is 14.3. The molecule has 1 atom stereocenters. The summed E-state index contributed by atoms with van der Waals surface area (Å²) in [5, 5.41) is 2.17. The largest absolute Gasteiger partial charge is 0.463 e. The minimum atomic E-state index is -0.758. The summed E-state index contributed by atoms with van der Waals surface area (Å²) < 4.78 is 20.8. The van der Waals surface area contributed by atoms with Crippen LogP contribution in [0.3, 0.4) is 0 Å². The molecule has 45 heavy (non-hydrogen) atoms. The van der Waals surface area contributed by atoms with Gasteiger partial charge in [-0.05, 0) is 68.3 Å². The first-order valence-corrected chi connectivity index (χ1v) is 15.9. The van der Waals surface area contributed by atoms with Gasteiger partial charge in [0.15, 0.2) is 16.3 Å². The van der Waals surface area contributed by atoms with Gasteiger partial charge in [0.05, 0.1) is 28.5 Å². The van der Waals surface area contributed by atoms with E-state index >= 15 is 0 Å². The lowest BCUT2D eigenvalue weighted by molar-refractivity contribution is -0.139. The fourth-order valence-electron chi connectivity index (χ4n) is 5.99. The Hall–Kier alpha value is -4.31. The molecule has 2 aliphatic heterocycles. The Kier molecular flexibility index (Phi) is 7.55. The Bertz CT molecular complexity index is 2250. The van der Waals surface area contributed by atoms with Gasteiger partial charge in [0.25, 0.3) is 5.56 Å². The summed E-state index contributed by atoms with van der Waals surface area (Å²) in [5.74, 6) is 0.642. The molecule has 0 saturated heterocycles. The van der Waals surface area contributed by atoms with Crippen LogP contribution in [-0.4, -0.2) is 28.5 Å². The van der Waals surface area contributed by atoms with E-state index in [1.165, 1.54) is 11.3 Å². The summed E-state index contributed by atoms with van der Waals surface area (Å²) in [6, 6.07) is 18.2. The smallest absolute Gasteiger partial charge is 0.338 e. The maximum Gasteiger partial charge on any atom is 0.338 e. The van der Waals surface area contributed by atoms with Crippen molar-refractivity contribution in [1.29, 1.82) is 0 Å². The minimum Gasteiger partial charge on any atom is -0.463 e. The second-order valence-electron chi connectivity index (χ2n) is 10.8. The number of benzene rings is 3. The van der Waals surface area contributed by atoms with Gasteiger partial charge in [0.1, 0.15) is 0 Å². The van der Waals surface area contributed by atoms with Crippen LogP contribution < -0.4 is 24.4 Å². The Balaban J connectivity index is 1.41. The molecule has 0 amide bonds. The molecule has 0 saturated carbocycles. The molecule has 0 N–H and O–H groups in total. The van der Waals surface area contributed by atoms with Crippen LogP contribution in [0.4, 0.5) is 0 Å². The number of fused-ring (bicyclic) bond motifs is 3. The number of ether oxygens (including phenoxy) is 3. The van der Waals surface area contributed by atoms with Crippen molar-refractivity contribution in [2.24, 2.45) is 4.99 Å². The average Bonchev–Trinajstić information content (AvgIpc) is 3.68. The van der Waals surface area contributed by atoms with E-state index in [1.807, 2.05) is 55.5 Å². The highest BCUT2D eigenvalue weighted by Gasteiger charge is 2.34. The topological polar surface area (TPSA) is 84.1 Å². The third kappa shape index (κ3) is 5.05. The number of aromatic nitrogens is 2. The molecule has 0 aliphatic carbocycles. The van der Waals surface area contributed by atoms with Gasteiger partial charge in [0, 0.05) is 38.8 Å². The quantitative estimate of drug-likeness (QED) is 0.204. The number of nitrogens with zero attached hydrogens (tertiary/aromatic N) is 3. The van der Waals surface area contributed by atoms with Crippen molar-refractivity contribution >= 4 is 57.5 Å². The number of esters is 1. The predicted octanol–water partition coefficient (Wildman–Crippen LogP) is 6.15. The van der Waals surface area contributed by atoms with Gasteiger partial charge in [0.2, 0.25) is 6.79 Å². The standard InChI is InChI=1S/C34H27Cl2N3O5S/c1-4-42-33(41)30-18(2)37-34-39(31(30)20-10-12-27-28(13-20)44-17-43-27)32(40)29(45-34)15-24-19(3)38(26-8-6-5-7-23(24)26)16-21-9-11-22(35)14-25(21)36/h5-15,31H,4,16-17H2,1-3H3/b29-15-/t31-/m1/s1. The number of allylic oxidation sites excluding steroid dienone is 1. The van der Waals surface area contributed by atoms with Gasteiger partial charge >= 0.3 is 5.97 Å².